The minimum absolute atomic E-state index is 0.0613. The van der Waals surface area contributed by atoms with Crippen LogP contribution in [0.15, 0.2) is 4.99 Å². The smallest absolute Gasteiger partial charge is 0.241 e. The molecule has 0 atom stereocenters. The van der Waals surface area contributed by atoms with Crippen LogP contribution in [0.25, 0.3) is 0 Å². The lowest BCUT2D eigenvalue weighted by Crippen LogP contribution is -2.43. The molecule has 0 bridgehead atoms. The summed E-state index contributed by atoms with van der Waals surface area (Å²) in [4.78, 5) is 15.1. The molecule has 17 heavy (non-hydrogen) atoms. The quantitative estimate of drug-likeness (QED) is 0.144. The Morgan fingerprint density at radius 3 is 2.71 bits per heavy atom. The molecule has 0 unspecified atom stereocenters. The van der Waals surface area contributed by atoms with E-state index in [0.29, 0.717) is 32.3 Å². The van der Waals surface area contributed by atoms with Gasteiger partial charge in [-0.2, -0.15) is 0 Å². The molecule has 0 fully saturated rings. The number of hydrazine groups is 1. The van der Waals surface area contributed by atoms with Gasteiger partial charge in [-0.25, -0.2) is 10.8 Å². The lowest BCUT2D eigenvalue weighted by molar-refractivity contribution is -0.119. The first-order valence-electron chi connectivity index (χ1n) is 5.83. The predicted molar refractivity (Wildman–Crippen MR) is 67.4 cm³/mol. The van der Waals surface area contributed by atoms with Crippen LogP contribution >= 0.6 is 0 Å². The maximum absolute atomic E-state index is 11.1. The van der Waals surface area contributed by atoms with Gasteiger partial charge in [-0.05, 0) is 20.3 Å². The van der Waals surface area contributed by atoms with Gasteiger partial charge in [-0.1, -0.05) is 0 Å². The monoisotopic (exact) mass is 245 g/mol. The van der Waals surface area contributed by atoms with Crippen LogP contribution in [0.1, 0.15) is 20.3 Å². The lowest BCUT2D eigenvalue weighted by atomic mass is 10.4. The Morgan fingerprint density at radius 1 is 1.35 bits per heavy atom. The van der Waals surface area contributed by atoms with E-state index in [-0.39, 0.29) is 12.5 Å². The number of nitrogens with two attached hydrogens (primary N) is 1. The Kier molecular flexibility index (Phi) is 10.3. The number of amides is 1. The second-order valence-corrected chi connectivity index (χ2v) is 3.24. The first-order chi connectivity index (χ1) is 8.24. The van der Waals surface area contributed by atoms with E-state index in [4.69, 9.17) is 10.6 Å². The van der Waals surface area contributed by atoms with Crippen molar-refractivity contribution in [2.45, 2.75) is 20.3 Å². The number of hydrogen-bond acceptors (Lipinski definition) is 4. The van der Waals surface area contributed by atoms with Gasteiger partial charge in [0, 0.05) is 26.3 Å². The van der Waals surface area contributed by atoms with E-state index in [9.17, 15) is 4.79 Å². The van der Waals surface area contributed by atoms with Crippen molar-refractivity contribution in [2.24, 2.45) is 10.8 Å². The molecule has 0 saturated carbocycles. The summed E-state index contributed by atoms with van der Waals surface area (Å²) < 4.78 is 5.18. The SMILES string of the molecule is CCNC(=O)CN=C(NN)NCCCOCC. The molecule has 0 aliphatic carbocycles. The number of carbonyl (C=O) groups excluding carboxylic acids is 1. The van der Waals surface area contributed by atoms with Gasteiger partial charge in [0.15, 0.2) is 0 Å². The summed E-state index contributed by atoms with van der Waals surface area (Å²) in [6, 6.07) is 0. The van der Waals surface area contributed by atoms with Gasteiger partial charge < -0.3 is 15.4 Å². The zero-order valence-electron chi connectivity index (χ0n) is 10.6. The van der Waals surface area contributed by atoms with Crippen LogP contribution in [0.2, 0.25) is 0 Å². The molecule has 100 valence electrons. The number of guanidine groups is 1. The molecule has 0 spiro atoms. The molecule has 0 aromatic carbocycles. The van der Waals surface area contributed by atoms with Gasteiger partial charge in [-0.3, -0.25) is 10.2 Å². The number of rotatable bonds is 8. The van der Waals surface area contributed by atoms with Crippen molar-refractivity contribution in [1.29, 1.82) is 0 Å². The summed E-state index contributed by atoms with van der Waals surface area (Å²) in [5.74, 6) is 5.55. The Morgan fingerprint density at radius 2 is 2.12 bits per heavy atom. The molecule has 5 N–H and O–H groups in total. The van der Waals surface area contributed by atoms with Gasteiger partial charge in [0.05, 0.1) is 0 Å². The highest BCUT2D eigenvalue weighted by Gasteiger charge is 1.99. The molecule has 0 rings (SSSR count). The van der Waals surface area contributed by atoms with E-state index in [0.717, 1.165) is 6.42 Å². The Hall–Kier alpha value is -1.34. The second-order valence-electron chi connectivity index (χ2n) is 3.24. The van der Waals surface area contributed by atoms with Crippen molar-refractivity contribution in [3.8, 4) is 0 Å². The van der Waals surface area contributed by atoms with Crippen molar-refractivity contribution in [1.82, 2.24) is 16.1 Å². The van der Waals surface area contributed by atoms with Crippen molar-refractivity contribution in [3.63, 3.8) is 0 Å². The third-order valence-corrected chi connectivity index (χ3v) is 1.85. The number of hydrogen-bond donors (Lipinski definition) is 4. The topological polar surface area (TPSA) is 101 Å². The van der Waals surface area contributed by atoms with Crippen molar-refractivity contribution < 1.29 is 9.53 Å². The van der Waals surface area contributed by atoms with Crippen molar-refractivity contribution in [2.75, 3.05) is 32.8 Å². The summed E-state index contributed by atoms with van der Waals surface area (Å²) >= 11 is 0. The molecule has 0 aliphatic heterocycles. The van der Waals surface area contributed by atoms with Crippen LogP contribution in [0.5, 0.6) is 0 Å². The van der Waals surface area contributed by atoms with E-state index in [1.54, 1.807) is 0 Å². The third kappa shape index (κ3) is 9.58. The van der Waals surface area contributed by atoms with Gasteiger partial charge in [0.2, 0.25) is 11.9 Å². The van der Waals surface area contributed by atoms with Crippen LogP contribution < -0.4 is 21.9 Å². The van der Waals surface area contributed by atoms with E-state index in [1.807, 2.05) is 13.8 Å². The van der Waals surface area contributed by atoms with Gasteiger partial charge >= 0.3 is 0 Å². The number of aliphatic imine (C=N–C) groups is 1. The van der Waals surface area contributed by atoms with E-state index < -0.39 is 0 Å². The number of nitrogens with zero attached hydrogens (tertiary/aromatic N) is 1. The van der Waals surface area contributed by atoms with E-state index in [2.05, 4.69) is 21.1 Å². The van der Waals surface area contributed by atoms with Crippen molar-refractivity contribution >= 4 is 11.9 Å². The molecule has 0 aromatic heterocycles. The molecular formula is C10H23N5O2. The fourth-order valence-corrected chi connectivity index (χ4v) is 1.08. The van der Waals surface area contributed by atoms with Gasteiger partial charge in [-0.15, -0.1) is 0 Å². The maximum Gasteiger partial charge on any atom is 0.241 e. The fourth-order valence-electron chi connectivity index (χ4n) is 1.08. The van der Waals surface area contributed by atoms with Crippen molar-refractivity contribution in [3.05, 3.63) is 0 Å². The predicted octanol–water partition coefficient (Wildman–Crippen LogP) is -1.04. The van der Waals surface area contributed by atoms with E-state index in [1.165, 1.54) is 0 Å². The second kappa shape index (κ2) is 11.2. The first-order valence-corrected chi connectivity index (χ1v) is 5.83. The van der Waals surface area contributed by atoms with E-state index >= 15 is 0 Å². The molecule has 0 radical (unpaired) electrons. The highest BCUT2D eigenvalue weighted by molar-refractivity contribution is 5.84. The van der Waals surface area contributed by atoms with Gasteiger partial charge in [0.1, 0.15) is 6.54 Å². The minimum atomic E-state index is -0.128. The zero-order chi connectivity index (χ0) is 12.9. The Labute approximate surface area is 102 Å². The normalized spacial score (nSPS) is 11.1. The molecular weight excluding hydrogens is 222 g/mol. The summed E-state index contributed by atoms with van der Waals surface area (Å²) in [5.41, 5.74) is 2.41. The maximum atomic E-state index is 11.1. The molecule has 7 nitrogen and oxygen atoms in total. The lowest BCUT2D eigenvalue weighted by Gasteiger charge is -2.08. The number of ether oxygens (including phenoxy) is 1. The Bertz CT molecular complexity index is 233. The molecule has 0 aromatic rings. The summed E-state index contributed by atoms with van der Waals surface area (Å²) in [6.45, 7) is 6.57. The zero-order valence-corrected chi connectivity index (χ0v) is 10.6. The van der Waals surface area contributed by atoms with Crippen LogP contribution in [0.4, 0.5) is 0 Å². The first kappa shape index (κ1) is 15.7. The third-order valence-electron chi connectivity index (χ3n) is 1.85. The number of carbonyl (C=O) groups is 1. The Balaban J connectivity index is 3.73. The average Bonchev–Trinajstić information content (AvgIpc) is 2.33. The highest BCUT2D eigenvalue weighted by atomic mass is 16.5. The summed E-state index contributed by atoms with van der Waals surface area (Å²) in [5, 5.41) is 5.63. The minimum Gasteiger partial charge on any atom is -0.382 e. The van der Waals surface area contributed by atoms with Crippen LogP contribution in [0.3, 0.4) is 0 Å². The number of nitrogens with one attached hydrogen (secondary N) is 3. The molecule has 0 heterocycles. The number of likely N-dealkylation sites (N-methyl/N-ethyl adjacent to an activating group) is 1. The molecule has 0 aliphatic rings. The molecule has 0 saturated heterocycles. The fraction of sp³-hybridized carbons (Fsp3) is 0.800. The molecule has 1 amide bonds. The van der Waals surface area contributed by atoms with Gasteiger partial charge in [0.25, 0.3) is 0 Å². The highest BCUT2D eigenvalue weighted by Crippen LogP contribution is 1.80. The summed E-state index contributed by atoms with van der Waals surface area (Å²) in [7, 11) is 0. The average molecular weight is 245 g/mol. The van der Waals surface area contributed by atoms with Crippen LogP contribution in [-0.4, -0.2) is 44.7 Å². The summed E-state index contributed by atoms with van der Waals surface area (Å²) in [6.07, 6.45) is 0.857. The van der Waals surface area contributed by atoms with Crippen LogP contribution in [-0.2, 0) is 9.53 Å². The largest absolute Gasteiger partial charge is 0.382 e. The molecule has 7 heteroatoms. The van der Waals surface area contributed by atoms with Crippen LogP contribution in [0, 0.1) is 0 Å². The standard InChI is InChI=1S/C10H23N5O2/c1-3-12-9(16)8-14-10(15-11)13-6-5-7-17-4-2/h3-8,11H2,1-2H3,(H,12,16)(H2,13,14,15).